The number of nitrogen functional groups attached to an aromatic ring is 1. The van der Waals surface area contributed by atoms with Crippen molar-refractivity contribution < 1.29 is 4.79 Å². The van der Waals surface area contributed by atoms with Crippen molar-refractivity contribution in [2.24, 2.45) is 0 Å². The molecule has 0 saturated carbocycles. The average molecular weight is 301 g/mol. The van der Waals surface area contributed by atoms with Crippen molar-refractivity contribution in [3.63, 3.8) is 0 Å². The van der Waals surface area contributed by atoms with E-state index in [1.807, 2.05) is 19.1 Å². The van der Waals surface area contributed by atoms with Crippen molar-refractivity contribution in [3.05, 3.63) is 52.5 Å². The van der Waals surface area contributed by atoms with E-state index in [2.05, 4.69) is 10.6 Å². The third-order valence-electron chi connectivity index (χ3n) is 2.86. The number of aryl methyl sites for hydroxylation is 1. The van der Waals surface area contributed by atoms with Crippen LogP contribution in [0.1, 0.15) is 11.1 Å². The van der Waals surface area contributed by atoms with Gasteiger partial charge < -0.3 is 16.4 Å². The summed E-state index contributed by atoms with van der Waals surface area (Å²) in [4.78, 5) is 11.9. The summed E-state index contributed by atoms with van der Waals surface area (Å²) < 4.78 is 0. The molecule has 2 aromatic rings. The zero-order chi connectivity index (χ0) is 15.4. The number of nitrogens with two attached hydrogens (primary N) is 1. The van der Waals surface area contributed by atoms with Crippen LogP contribution in [-0.2, 0) is 0 Å². The van der Waals surface area contributed by atoms with Crippen LogP contribution in [0.3, 0.4) is 0 Å². The minimum atomic E-state index is -0.439. The normalized spacial score (nSPS) is 9.76. The van der Waals surface area contributed by atoms with Gasteiger partial charge in [0.1, 0.15) is 0 Å². The van der Waals surface area contributed by atoms with E-state index in [9.17, 15) is 4.79 Å². The lowest BCUT2D eigenvalue weighted by molar-refractivity contribution is 0.262. The molecular weight excluding hydrogens is 288 g/mol. The Morgan fingerprint density at radius 1 is 1.24 bits per heavy atom. The first-order valence-corrected chi connectivity index (χ1v) is 6.51. The molecule has 0 spiro atoms. The van der Waals surface area contributed by atoms with Crippen molar-refractivity contribution in [2.75, 3.05) is 16.4 Å². The van der Waals surface area contributed by atoms with Crippen molar-refractivity contribution >= 4 is 34.7 Å². The van der Waals surface area contributed by atoms with Gasteiger partial charge in [-0.25, -0.2) is 4.79 Å². The van der Waals surface area contributed by atoms with Gasteiger partial charge in [-0.1, -0.05) is 17.7 Å². The third-order valence-corrected chi connectivity index (χ3v) is 3.27. The molecule has 4 N–H and O–H groups in total. The number of carbonyl (C=O) groups is 1. The van der Waals surface area contributed by atoms with Gasteiger partial charge >= 0.3 is 6.03 Å². The lowest BCUT2D eigenvalue weighted by Gasteiger charge is -2.10. The number of nitrogens with zero attached hydrogens (tertiary/aromatic N) is 1. The molecule has 2 aromatic carbocycles. The summed E-state index contributed by atoms with van der Waals surface area (Å²) >= 11 is 5.99. The van der Waals surface area contributed by atoms with Crippen LogP contribution < -0.4 is 16.4 Å². The first kappa shape index (κ1) is 14.7. The highest BCUT2D eigenvalue weighted by molar-refractivity contribution is 6.31. The van der Waals surface area contributed by atoms with Gasteiger partial charge in [-0.05, 0) is 42.8 Å². The SMILES string of the molecule is Cc1ccc(NC(=O)Nc2ccc(C#N)cc2N)cc1Cl. The van der Waals surface area contributed by atoms with Crippen molar-refractivity contribution in [1.29, 1.82) is 5.26 Å². The van der Waals surface area contributed by atoms with Gasteiger partial charge in [0.05, 0.1) is 23.0 Å². The first-order chi connectivity index (χ1) is 9.99. The fourth-order valence-corrected chi connectivity index (χ4v) is 1.88. The average Bonchev–Trinajstić information content (AvgIpc) is 2.45. The molecule has 2 rings (SSSR count). The predicted octanol–water partition coefficient (Wildman–Crippen LogP) is 3.75. The number of halogens is 1. The Hall–Kier alpha value is -2.71. The van der Waals surface area contributed by atoms with E-state index in [1.54, 1.807) is 24.3 Å². The molecule has 6 heteroatoms. The summed E-state index contributed by atoms with van der Waals surface area (Å²) in [7, 11) is 0. The maximum atomic E-state index is 11.9. The van der Waals surface area contributed by atoms with Crippen LogP contribution in [0.4, 0.5) is 21.9 Å². The number of nitriles is 1. The highest BCUT2D eigenvalue weighted by Crippen LogP contribution is 2.22. The van der Waals surface area contributed by atoms with Crippen molar-refractivity contribution in [2.45, 2.75) is 6.92 Å². The number of amides is 2. The van der Waals surface area contributed by atoms with E-state index in [0.717, 1.165) is 5.56 Å². The van der Waals surface area contributed by atoms with Crippen LogP contribution in [-0.4, -0.2) is 6.03 Å². The number of carbonyl (C=O) groups excluding carboxylic acids is 1. The standard InChI is InChI=1S/C15H13ClN4O/c1-9-2-4-11(7-12(9)16)19-15(21)20-14-5-3-10(8-17)6-13(14)18/h2-7H,18H2,1H3,(H2,19,20,21). The van der Waals surface area contributed by atoms with Crippen LogP contribution >= 0.6 is 11.6 Å². The summed E-state index contributed by atoms with van der Waals surface area (Å²) in [6.45, 7) is 1.88. The van der Waals surface area contributed by atoms with E-state index in [1.165, 1.54) is 6.07 Å². The molecule has 0 bridgehead atoms. The van der Waals surface area contributed by atoms with Gasteiger partial charge in [0.15, 0.2) is 0 Å². The highest BCUT2D eigenvalue weighted by Gasteiger charge is 2.07. The Morgan fingerprint density at radius 3 is 2.62 bits per heavy atom. The molecule has 0 saturated heterocycles. The minimum absolute atomic E-state index is 0.325. The number of urea groups is 1. The number of hydrogen-bond donors (Lipinski definition) is 3. The van der Waals surface area contributed by atoms with Gasteiger partial charge in [-0.15, -0.1) is 0 Å². The number of rotatable bonds is 2. The van der Waals surface area contributed by atoms with Crippen molar-refractivity contribution in [3.8, 4) is 6.07 Å². The highest BCUT2D eigenvalue weighted by atomic mass is 35.5. The fraction of sp³-hybridized carbons (Fsp3) is 0.0667. The monoisotopic (exact) mass is 300 g/mol. The van der Waals surface area contributed by atoms with Crippen LogP contribution in [0.25, 0.3) is 0 Å². The van der Waals surface area contributed by atoms with Gasteiger partial charge in [0.25, 0.3) is 0 Å². The van der Waals surface area contributed by atoms with Gasteiger partial charge in [-0.2, -0.15) is 5.26 Å². The molecule has 0 radical (unpaired) electrons. The first-order valence-electron chi connectivity index (χ1n) is 6.13. The van der Waals surface area contributed by atoms with Crippen LogP contribution in [0, 0.1) is 18.3 Å². The minimum Gasteiger partial charge on any atom is -0.397 e. The molecule has 0 fully saturated rings. The number of hydrogen-bond acceptors (Lipinski definition) is 3. The van der Waals surface area contributed by atoms with E-state index in [-0.39, 0.29) is 0 Å². The van der Waals surface area contributed by atoms with E-state index in [4.69, 9.17) is 22.6 Å². The van der Waals surface area contributed by atoms with Crippen LogP contribution in [0.2, 0.25) is 5.02 Å². The second-order valence-electron chi connectivity index (χ2n) is 4.46. The molecule has 0 aromatic heterocycles. The maximum absolute atomic E-state index is 11.9. The third kappa shape index (κ3) is 3.65. The van der Waals surface area contributed by atoms with Gasteiger partial charge in [0, 0.05) is 10.7 Å². The van der Waals surface area contributed by atoms with Crippen LogP contribution in [0.5, 0.6) is 0 Å². The predicted molar refractivity (Wildman–Crippen MR) is 84.4 cm³/mol. The summed E-state index contributed by atoms with van der Waals surface area (Å²) in [5.41, 5.74) is 8.47. The topological polar surface area (TPSA) is 90.9 Å². The van der Waals surface area contributed by atoms with Gasteiger partial charge in [-0.3, -0.25) is 0 Å². The van der Waals surface area contributed by atoms with E-state index >= 15 is 0 Å². The Bertz CT molecular complexity index is 737. The zero-order valence-electron chi connectivity index (χ0n) is 11.3. The largest absolute Gasteiger partial charge is 0.397 e. The Balaban J connectivity index is 2.08. The Labute approximate surface area is 127 Å². The molecule has 0 aliphatic rings. The second kappa shape index (κ2) is 6.16. The molecule has 0 aliphatic carbocycles. The molecule has 0 heterocycles. The summed E-state index contributed by atoms with van der Waals surface area (Å²) in [6, 6.07) is 11.4. The molecule has 2 amide bonds. The summed E-state index contributed by atoms with van der Waals surface area (Å²) in [6.07, 6.45) is 0. The molecule has 0 unspecified atom stereocenters. The van der Waals surface area contributed by atoms with Gasteiger partial charge in [0.2, 0.25) is 0 Å². The molecular formula is C15H13ClN4O. The molecule has 5 nitrogen and oxygen atoms in total. The second-order valence-corrected chi connectivity index (χ2v) is 4.86. The number of nitrogens with one attached hydrogen (secondary N) is 2. The molecule has 0 atom stereocenters. The smallest absolute Gasteiger partial charge is 0.323 e. The van der Waals surface area contributed by atoms with E-state index < -0.39 is 6.03 Å². The Kier molecular flexibility index (Phi) is 4.31. The quantitative estimate of drug-likeness (QED) is 0.738. The molecule has 0 aliphatic heterocycles. The molecule has 106 valence electrons. The fourth-order valence-electron chi connectivity index (χ4n) is 1.70. The number of benzene rings is 2. The lowest BCUT2D eigenvalue weighted by atomic mass is 10.2. The maximum Gasteiger partial charge on any atom is 0.323 e. The summed E-state index contributed by atoms with van der Waals surface area (Å²) in [5, 5.41) is 14.6. The zero-order valence-corrected chi connectivity index (χ0v) is 12.0. The molecule has 21 heavy (non-hydrogen) atoms. The summed E-state index contributed by atoms with van der Waals surface area (Å²) in [5.74, 6) is 0. The Morgan fingerprint density at radius 2 is 2.00 bits per heavy atom. The lowest BCUT2D eigenvalue weighted by Crippen LogP contribution is -2.20. The van der Waals surface area contributed by atoms with Crippen molar-refractivity contribution in [1.82, 2.24) is 0 Å². The van der Waals surface area contributed by atoms with Crippen LogP contribution in [0.15, 0.2) is 36.4 Å². The van der Waals surface area contributed by atoms with E-state index in [0.29, 0.717) is 27.6 Å². The number of anilines is 3.